The average Bonchev–Trinajstić information content (AvgIpc) is 2.60. The summed E-state index contributed by atoms with van der Waals surface area (Å²) in [5.41, 5.74) is 0.878. The minimum atomic E-state index is -0.437. The summed E-state index contributed by atoms with van der Waals surface area (Å²) in [5.74, 6) is -0.357. The van der Waals surface area contributed by atoms with E-state index in [0.717, 1.165) is 4.90 Å². The molecular weight excluding hydrogens is 344 g/mol. The van der Waals surface area contributed by atoms with Gasteiger partial charge in [-0.05, 0) is 19.1 Å². The molecule has 1 aliphatic rings. The van der Waals surface area contributed by atoms with Gasteiger partial charge in [-0.25, -0.2) is 0 Å². The van der Waals surface area contributed by atoms with Crippen LogP contribution < -0.4 is 0 Å². The third-order valence-electron chi connectivity index (χ3n) is 4.13. The van der Waals surface area contributed by atoms with Crippen molar-refractivity contribution in [2.75, 3.05) is 27.9 Å². The van der Waals surface area contributed by atoms with Gasteiger partial charge in [0.1, 0.15) is 36.5 Å². The smallest absolute Gasteiger partial charge is 0.302 e. The Hall–Kier alpha value is -1.12. The molecule has 140 valence electrons. The number of benzene rings is 1. The summed E-state index contributed by atoms with van der Waals surface area (Å²) in [4.78, 5) is 12.2. The van der Waals surface area contributed by atoms with E-state index in [-0.39, 0.29) is 30.2 Å². The van der Waals surface area contributed by atoms with Gasteiger partial charge in [0.05, 0.1) is 0 Å². The first-order chi connectivity index (χ1) is 12.0. The van der Waals surface area contributed by atoms with Gasteiger partial charge in [0.25, 0.3) is 0 Å². The number of aryl methyl sites for hydroxylation is 1. The van der Waals surface area contributed by atoms with E-state index in [1.807, 2.05) is 19.1 Å². The van der Waals surface area contributed by atoms with Crippen LogP contribution in [0.1, 0.15) is 12.5 Å². The number of carbonyl (C=O) groups excluding carboxylic acids is 1. The molecule has 1 saturated heterocycles. The summed E-state index contributed by atoms with van der Waals surface area (Å²) in [6.45, 7) is 3.52. The van der Waals surface area contributed by atoms with Gasteiger partial charge in [0.15, 0.2) is 0 Å². The molecule has 0 aromatic heterocycles. The maximum Gasteiger partial charge on any atom is 0.302 e. The number of rotatable bonds is 7. The fraction of sp³-hybridized carbons (Fsp3) is 0.611. The summed E-state index contributed by atoms with van der Waals surface area (Å²) < 4.78 is 28.2. The summed E-state index contributed by atoms with van der Waals surface area (Å²) in [6, 6.07) is 8.19. The molecule has 1 aromatic rings. The highest BCUT2D eigenvalue weighted by Gasteiger charge is 2.47. The van der Waals surface area contributed by atoms with Crippen LogP contribution in [0.25, 0.3) is 0 Å². The molecule has 1 heterocycles. The van der Waals surface area contributed by atoms with Crippen molar-refractivity contribution in [3.8, 4) is 0 Å². The first-order valence-electron chi connectivity index (χ1n) is 8.10. The van der Waals surface area contributed by atoms with Crippen molar-refractivity contribution in [1.82, 2.24) is 0 Å². The predicted molar refractivity (Wildman–Crippen MR) is 94.7 cm³/mol. The molecule has 0 spiro atoms. The van der Waals surface area contributed by atoms with E-state index in [1.54, 1.807) is 33.1 Å². The van der Waals surface area contributed by atoms with E-state index in [1.165, 1.54) is 12.5 Å². The van der Waals surface area contributed by atoms with E-state index >= 15 is 0 Å². The van der Waals surface area contributed by atoms with Gasteiger partial charge in [-0.1, -0.05) is 29.5 Å². The Bertz CT molecular complexity index is 549. The van der Waals surface area contributed by atoms with Crippen LogP contribution in [0.3, 0.4) is 0 Å². The normalized spacial score (nSPS) is 29.4. The second-order valence-corrected chi connectivity index (χ2v) is 7.05. The Kier molecular flexibility index (Phi) is 7.71. The van der Waals surface area contributed by atoms with Crippen LogP contribution in [0.4, 0.5) is 0 Å². The van der Waals surface area contributed by atoms with Crippen LogP contribution in [0, 0.1) is 6.92 Å². The van der Waals surface area contributed by atoms with Crippen molar-refractivity contribution in [2.45, 2.75) is 48.6 Å². The molecule has 1 aliphatic heterocycles. The Balaban J connectivity index is 2.19. The summed E-state index contributed by atoms with van der Waals surface area (Å²) in [6.07, 6.45) is -1.50. The summed E-state index contributed by atoms with van der Waals surface area (Å²) in [7, 11) is 4.83. The second kappa shape index (κ2) is 9.54. The zero-order valence-electron chi connectivity index (χ0n) is 15.3. The predicted octanol–water partition coefficient (Wildman–Crippen LogP) is 2.42. The van der Waals surface area contributed by atoms with Crippen LogP contribution in [0.15, 0.2) is 29.2 Å². The minimum absolute atomic E-state index is 0.106. The number of carbonyl (C=O) groups is 1. The molecule has 0 aliphatic carbocycles. The maximum atomic E-state index is 11.2. The van der Waals surface area contributed by atoms with E-state index in [4.69, 9.17) is 23.7 Å². The molecule has 7 heteroatoms. The van der Waals surface area contributed by atoms with Crippen LogP contribution in [-0.4, -0.2) is 63.8 Å². The van der Waals surface area contributed by atoms with Crippen molar-refractivity contribution in [1.29, 1.82) is 0 Å². The van der Waals surface area contributed by atoms with Crippen molar-refractivity contribution in [3.05, 3.63) is 29.8 Å². The number of thioether (sulfide) groups is 1. The Morgan fingerprint density at radius 3 is 2.16 bits per heavy atom. The molecular formula is C18H26O6S. The third-order valence-corrected chi connectivity index (χ3v) is 5.29. The van der Waals surface area contributed by atoms with Gasteiger partial charge >= 0.3 is 5.97 Å². The molecule has 2 rings (SSSR count). The van der Waals surface area contributed by atoms with Gasteiger partial charge in [-0.15, -0.1) is 0 Å². The Morgan fingerprint density at radius 1 is 1.04 bits per heavy atom. The lowest BCUT2D eigenvalue weighted by molar-refractivity contribution is -0.229. The molecule has 5 atom stereocenters. The number of hydrogen-bond acceptors (Lipinski definition) is 7. The van der Waals surface area contributed by atoms with E-state index in [0.29, 0.717) is 0 Å². The molecule has 0 saturated carbocycles. The topological polar surface area (TPSA) is 63.2 Å². The lowest BCUT2D eigenvalue weighted by Gasteiger charge is -2.44. The van der Waals surface area contributed by atoms with Crippen LogP contribution in [0.2, 0.25) is 0 Å². The number of esters is 1. The average molecular weight is 370 g/mol. The van der Waals surface area contributed by atoms with Gasteiger partial charge in [0, 0.05) is 33.1 Å². The number of hydrogen-bond donors (Lipinski definition) is 0. The number of ether oxygens (including phenoxy) is 5. The van der Waals surface area contributed by atoms with Crippen molar-refractivity contribution in [2.24, 2.45) is 0 Å². The Labute approximate surface area is 153 Å². The second-order valence-electron chi connectivity index (χ2n) is 5.88. The summed E-state index contributed by atoms with van der Waals surface area (Å²) >= 11 is 1.55. The zero-order chi connectivity index (χ0) is 18.4. The fourth-order valence-corrected chi connectivity index (χ4v) is 4.02. The van der Waals surface area contributed by atoms with Gasteiger partial charge in [0.2, 0.25) is 0 Å². The monoisotopic (exact) mass is 370 g/mol. The number of methoxy groups -OCH3 is 3. The maximum absolute atomic E-state index is 11.2. The standard InChI is InChI=1S/C18H26O6S/c1-11-6-8-13(9-7-11)25-18-17(22-5)16(21-4)15(20-3)14(24-18)10-23-12(2)19/h6-9,14-18H,10H2,1-5H3/t14-,15-,16+,17-,18+/m1/s1. The van der Waals surface area contributed by atoms with Crippen LogP contribution in [0.5, 0.6) is 0 Å². The fourth-order valence-electron chi connectivity index (χ4n) is 2.86. The highest BCUT2D eigenvalue weighted by molar-refractivity contribution is 7.99. The van der Waals surface area contributed by atoms with E-state index in [9.17, 15) is 4.79 Å². The third kappa shape index (κ3) is 5.18. The molecule has 0 unspecified atom stereocenters. The first kappa shape index (κ1) is 20.2. The van der Waals surface area contributed by atoms with Crippen molar-refractivity contribution >= 4 is 17.7 Å². The SMILES string of the molecule is CO[C@@H]1[C@@H](OC)[C@H](Sc2ccc(C)cc2)O[C@H](COC(C)=O)[C@H]1OC. The molecule has 1 fully saturated rings. The van der Waals surface area contributed by atoms with Crippen LogP contribution >= 0.6 is 11.8 Å². The largest absolute Gasteiger partial charge is 0.463 e. The van der Waals surface area contributed by atoms with Gasteiger partial charge < -0.3 is 23.7 Å². The summed E-state index contributed by atoms with van der Waals surface area (Å²) in [5, 5.41) is 0. The molecule has 0 N–H and O–H groups in total. The van der Waals surface area contributed by atoms with Gasteiger partial charge in [-0.2, -0.15) is 0 Å². The van der Waals surface area contributed by atoms with Crippen LogP contribution in [-0.2, 0) is 28.5 Å². The quantitative estimate of drug-likeness (QED) is 0.683. The highest BCUT2D eigenvalue weighted by atomic mass is 32.2. The lowest BCUT2D eigenvalue weighted by Crippen LogP contribution is -2.59. The van der Waals surface area contributed by atoms with E-state index in [2.05, 4.69) is 12.1 Å². The van der Waals surface area contributed by atoms with Crippen molar-refractivity contribution < 1.29 is 28.5 Å². The van der Waals surface area contributed by atoms with E-state index < -0.39 is 12.2 Å². The zero-order valence-corrected chi connectivity index (χ0v) is 16.1. The Morgan fingerprint density at radius 2 is 1.64 bits per heavy atom. The molecule has 0 radical (unpaired) electrons. The minimum Gasteiger partial charge on any atom is -0.463 e. The first-order valence-corrected chi connectivity index (χ1v) is 8.98. The lowest BCUT2D eigenvalue weighted by atomic mass is 9.99. The molecule has 6 nitrogen and oxygen atoms in total. The van der Waals surface area contributed by atoms with Gasteiger partial charge in [-0.3, -0.25) is 4.79 Å². The molecule has 25 heavy (non-hydrogen) atoms. The molecule has 0 amide bonds. The molecule has 0 bridgehead atoms. The highest BCUT2D eigenvalue weighted by Crippen LogP contribution is 2.36. The molecule has 1 aromatic carbocycles. The van der Waals surface area contributed by atoms with Crippen molar-refractivity contribution in [3.63, 3.8) is 0 Å².